The summed E-state index contributed by atoms with van der Waals surface area (Å²) in [6.07, 6.45) is 0. The third-order valence-electron chi connectivity index (χ3n) is 1.11. The summed E-state index contributed by atoms with van der Waals surface area (Å²) in [6.45, 7) is 0. The predicted molar refractivity (Wildman–Crippen MR) is 48.8 cm³/mol. The molecule has 0 bridgehead atoms. The SMILES string of the molecule is Oc1ccc(C(=S)S)cc1. The second kappa shape index (κ2) is 3.03. The molecule has 0 amide bonds. The average Bonchev–Trinajstić information content (AvgIpc) is 1.88. The van der Waals surface area contributed by atoms with Gasteiger partial charge in [0.15, 0.2) is 0 Å². The number of benzene rings is 1. The molecule has 1 rings (SSSR count). The highest BCUT2D eigenvalue weighted by molar-refractivity contribution is 8.11. The summed E-state index contributed by atoms with van der Waals surface area (Å²) < 4.78 is 0.542. The van der Waals surface area contributed by atoms with Gasteiger partial charge in [-0.25, -0.2) is 0 Å². The van der Waals surface area contributed by atoms with Crippen molar-refractivity contribution in [3.05, 3.63) is 29.8 Å². The molecule has 0 saturated carbocycles. The van der Waals surface area contributed by atoms with Crippen LogP contribution in [-0.2, 0) is 0 Å². The molecule has 0 saturated heterocycles. The van der Waals surface area contributed by atoms with E-state index in [9.17, 15) is 0 Å². The Morgan fingerprint density at radius 1 is 1.30 bits per heavy atom. The van der Waals surface area contributed by atoms with Crippen LogP contribution < -0.4 is 0 Å². The Morgan fingerprint density at radius 3 is 2.20 bits per heavy atom. The first-order valence-corrected chi connectivity index (χ1v) is 3.58. The first-order chi connectivity index (χ1) is 4.70. The molecule has 0 aliphatic heterocycles. The standard InChI is InChI=1S/C7H6OS2/c8-6-3-1-5(2-4-6)7(9)10/h1-4,8H,(H,9,10). The Kier molecular flexibility index (Phi) is 2.29. The molecular formula is C7H6OS2. The minimum Gasteiger partial charge on any atom is -0.508 e. The highest BCUT2D eigenvalue weighted by Crippen LogP contribution is 2.11. The second-order valence-corrected chi connectivity index (χ2v) is 3.01. The quantitative estimate of drug-likeness (QED) is 0.496. The summed E-state index contributed by atoms with van der Waals surface area (Å²) in [5.74, 6) is 0.244. The van der Waals surface area contributed by atoms with Gasteiger partial charge in [-0.1, -0.05) is 12.2 Å². The minimum atomic E-state index is 0.244. The molecule has 0 aromatic heterocycles. The zero-order valence-corrected chi connectivity index (χ0v) is 6.82. The maximum atomic E-state index is 8.87. The molecule has 1 aromatic rings. The Morgan fingerprint density at radius 2 is 1.80 bits per heavy atom. The minimum absolute atomic E-state index is 0.244. The van der Waals surface area contributed by atoms with Crippen molar-refractivity contribution >= 4 is 29.0 Å². The Bertz CT molecular complexity index is 240. The summed E-state index contributed by atoms with van der Waals surface area (Å²) in [6, 6.07) is 6.62. The van der Waals surface area contributed by atoms with Gasteiger partial charge in [0, 0.05) is 0 Å². The van der Waals surface area contributed by atoms with Gasteiger partial charge in [0.05, 0.1) is 4.20 Å². The summed E-state index contributed by atoms with van der Waals surface area (Å²) >= 11 is 8.76. The van der Waals surface area contributed by atoms with Gasteiger partial charge in [-0.2, -0.15) is 0 Å². The molecular weight excluding hydrogens is 164 g/mol. The lowest BCUT2D eigenvalue weighted by Gasteiger charge is -1.95. The van der Waals surface area contributed by atoms with Crippen molar-refractivity contribution in [1.29, 1.82) is 0 Å². The van der Waals surface area contributed by atoms with Crippen LogP contribution in [0.15, 0.2) is 24.3 Å². The van der Waals surface area contributed by atoms with Gasteiger partial charge in [-0.3, -0.25) is 0 Å². The average molecular weight is 170 g/mol. The van der Waals surface area contributed by atoms with E-state index in [1.165, 1.54) is 0 Å². The van der Waals surface area contributed by atoms with Crippen LogP contribution in [0, 0.1) is 0 Å². The zero-order valence-electron chi connectivity index (χ0n) is 5.11. The van der Waals surface area contributed by atoms with Crippen LogP contribution in [0.5, 0.6) is 5.75 Å². The molecule has 0 atom stereocenters. The van der Waals surface area contributed by atoms with Gasteiger partial charge >= 0.3 is 0 Å². The Balaban J connectivity index is 3.00. The molecule has 0 aliphatic carbocycles. The topological polar surface area (TPSA) is 20.2 Å². The monoisotopic (exact) mass is 170 g/mol. The van der Waals surface area contributed by atoms with Crippen LogP contribution in [0.3, 0.4) is 0 Å². The summed E-state index contributed by atoms with van der Waals surface area (Å²) in [7, 11) is 0. The van der Waals surface area contributed by atoms with Crippen LogP contribution in [0.2, 0.25) is 0 Å². The van der Waals surface area contributed by atoms with Gasteiger partial charge in [0.25, 0.3) is 0 Å². The molecule has 0 aliphatic rings. The smallest absolute Gasteiger partial charge is 0.115 e. The van der Waals surface area contributed by atoms with Crippen molar-refractivity contribution in [1.82, 2.24) is 0 Å². The maximum Gasteiger partial charge on any atom is 0.115 e. The van der Waals surface area contributed by atoms with E-state index in [0.717, 1.165) is 5.56 Å². The molecule has 3 heteroatoms. The molecule has 0 unspecified atom stereocenters. The molecule has 1 nitrogen and oxygen atoms in total. The molecule has 0 heterocycles. The molecule has 0 spiro atoms. The van der Waals surface area contributed by atoms with Crippen molar-refractivity contribution < 1.29 is 5.11 Å². The molecule has 1 aromatic carbocycles. The van der Waals surface area contributed by atoms with E-state index in [1.54, 1.807) is 24.3 Å². The number of hydrogen-bond acceptors (Lipinski definition) is 2. The van der Waals surface area contributed by atoms with E-state index >= 15 is 0 Å². The third-order valence-corrected chi connectivity index (χ3v) is 1.61. The van der Waals surface area contributed by atoms with Crippen molar-refractivity contribution in [3.63, 3.8) is 0 Å². The number of phenolic OH excluding ortho intramolecular Hbond substituents is 1. The molecule has 10 heavy (non-hydrogen) atoms. The van der Waals surface area contributed by atoms with E-state index in [0.29, 0.717) is 4.20 Å². The molecule has 0 fully saturated rings. The molecule has 52 valence electrons. The lowest BCUT2D eigenvalue weighted by molar-refractivity contribution is 0.475. The van der Waals surface area contributed by atoms with Crippen molar-refractivity contribution in [2.45, 2.75) is 0 Å². The number of aromatic hydroxyl groups is 1. The van der Waals surface area contributed by atoms with Crippen LogP contribution in [0.25, 0.3) is 0 Å². The van der Waals surface area contributed by atoms with Crippen LogP contribution in [-0.4, -0.2) is 9.30 Å². The Hall–Kier alpha value is -0.540. The number of rotatable bonds is 1. The second-order valence-electron chi connectivity index (χ2n) is 1.85. The van der Waals surface area contributed by atoms with E-state index in [-0.39, 0.29) is 5.75 Å². The first kappa shape index (κ1) is 7.57. The largest absolute Gasteiger partial charge is 0.508 e. The number of thiol groups is 1. The van der Waals surface area contributed by atoms with Gasteiger partial charge in [-0.15, -0.1) is 12.6 Å². The Labute approximate surface area is 70.1 Å². The van der Waals surface area contributed by atoms with E-state index in [1.807, 2.05) is 0 Å². The number of phenols is 1. The lowest BCUT2D eigenvalue weighted by atomic mass is 10.2. The fraction of sp³-hybridized carbons (Fsp3) is 0. The van der Waals surface area contributed by atoms with E-state index in [2.05, 4.69) is 12.6 Å². The highest BCUT2D eigenvalue weighted by Gasteiger charge is 1.93. The molecule has 0 radical (unpaired) electrons. The van der Waals surface area contributed by atoms with Crippen molar-refractivity contribution in [3.8, 4) is 5.75 Å². The summed E-state index contributed by atoms with van der Waals surface area (Å²) in [5, 5.41) is 8.87. The van der Waals surface area contributed by atoms with Crippen molar-refractivity contribution in [2.75, 3.05) is 0 Å². The van der Waals surface area contributed by atoms with Crippen LogP contribution in [0.4, 0.5) is 0 Å². The lowest BCUT2D eigenvalue weighted by Crippen LogP contribution is -1.83. The van der Waals surface area contributed by atoms with E-state index < -0.39 is 0 Å². The number of thiocarbonyl (C=S) groups is 1. The molecule has 1 N–H and O–H groups in total. The van der Waals surface area contributed by atoms with Gasteiger partial charge < -0.3 is 5.11 Å². The van der Waals surface area contributed by atoms with Crippen LogP contribution in [0.1, 0.15) is 5.56 Å². The van der Waals surface area contributed by atoms with Crippen LogP contribution >= 0.6 is 24.8 Å². The van der Waals surface area contributed by atoms with Gasteiger partial charge in [0.2, 0.25) is 0 Å². The fourth-order valence-electron chi connectivity index (χ4n) is 0.604. The predicted octanol–water partition coefficient (Wildman–Crippen LogP) is 2.00. The third kappa shape index (κ3) is 1.72. The van der Waals surface area contributed by atoms with Gasteiger partial charge in [-0.05, 0) is 29.8 Å². The zero-order chi connectivity index (χ0) is 7.56. The number of hydrogen-bond donors (Lipinski definition) is 2. The highest BCUT2D eigenvalue weighted by atomic mass is 32.1. The summed E-state index contributed by atoms with van der Waals surface area (Å²) in [4.78, 5) is 0. The maximum absolute atomic E-state index is 8.87. The first-order valence-electron chi connectivity index (χ1n) is 2.72. The summed E-state index contributed by atoms with van der Waals surface area (Å²) in [5.41, 5.74) is 0.858. The van der Waals surface area contributed by atoms with E-state index in [4.69, 9.17) is 17.3 Å². The van der Waals surface area contributed by atoms with Crippen molar-refractivity contribution in [2.24, 2.45) is 0 Å². The van der Waals surface area contributed by atoms with Gasteiger partial charge in [0.1, 0.15) is 5.75 Å². The fourth-order valence-corrected chi connectivity index (χ4v) is 0.889. The normalized spacial score (nSPS) is 9.30.